The molecule has 1 aliphatic rings. The Kier molecular flexibility index (Phi) is 4.55. The summed E-state index contributed by atoms with van der Waals surface area (Å²) in [5.41, 5.74) is 4.26. The van der Waals surface area contributed by atoms with Gasteiger partial charge in [0.15, 0.2) is 0 Å². The third-order valence-electron chi connectivity index (χ3n) is 3.89. The lowest BCUT2D eigenvalue weighted by Gasteiger charge is -2.08. The summed E-state index contributed by atoms with van der Waals surface area (Å²) in [6.07, 6.45) is 3.67. The molecule has 0 saturated heterocycles. The van der Waals surface area contributed by atoms with E-state index in [0.29, 0.717) is 12.1 Å². The minimum atomic E-state index is -2.85. The number of anilines is 1. The third kappa shape index (κ3) is 4.06. The number of nitrogens with one attached hydrogen (secondary N) is 1. The van der Waals surface area contributed by atoms with Gasteiger partial charge in [0.25, 0.3) is 0 Å². The summed E-state index contributed by atoms with van der Waals surface area (Å²) >= 11 is 0. The number of aryl methyl sites for hydroxylation is 2. The second-order valence-corrected chi connectivity index (χ2v) is 5.58. The highest BCUT2D eigenvalue weighted by atomic mass is 19.3. The predicted octanol–water partition coefficient (Wildman–Crippen LogP) is 3.96. The predicted molar refractivity (Wildman–Crippen MR) is 83.9 cm³/mol. The Morgan fingerprint density at radius 3 is 2.57 bits per heavy atom. The van der Waals surface area contributed by atoms with Gasteiger partial charge in [-0.05, 0) is 60.2 Å². The van der Waals surface area contributed by atoms with Crippen molar-refractivity contribution >= 4 is 11.6 Å². The van der Waals surface area contributed by atoms with Crippen LogP contribution >= 0.6 is 0 Å². The van der Waals surface area contributed by atoms with E-state index in [4.69, 9.17) is 0 Å². The summed E-state index contributed by atoms with van der Waals surface area (Å²) in [5, 5.41) is 2.76. The zero-order valence-corrected chi connectivity index (χ0v) is 12.5. The third-order valence-corrected chi connectivity index (χ3v) is 3.89. The van der Waals surface area contributed by atoms with Crippen LogP contribution in [0.25, 0.3) is 0 Å². The minimum absolute atomic E-state index is 0.0663. The van der Waals surface area contributed by atoms with Crippen LogP contribution < -0.4 is 10.1 Å². The molecule has 0 aliphatic heterocycles. The Morgan fingerprint density at radius 2 is 1.83 bits per heavy atom. The Bertz CT molecular complexity index is 699. The zero-order valence-electron chi connectivity index (χ0n) is 12.5. The number of alkyl halides is 2. The molecule has 1 amide bonds. The molecule has 3 nitrogen and oxygen atoms in total. The number of hydrogen-bond donors (Lipinski definition) is 1. The molecule has 23 heavy (non-hydrogen) atoms. The van der Waals surface area contributed by atoms with E-state index in [-0.39, 0.29) is 11.7 Å². The first-order valence-corrected chi connectivity index (χ1v) is 7.55. The smallest absolute Gasteiger partial charge is 0.387 e. The van der Waals surface area contributed by atoms with E-state index >= 15 is 0 Å². The Balaban J connectivity index is 1.58. The summed E-state index contributed by atoms with van der Waals surface area (Å²) in [5.74, 6) is -0.0675. The number of hydrogen-bond acceptors (Lipinski definition) is 2. The summed E-state index contributed by atoms with van der Waals surface area (Å²) in [6, 6.07) is 12.1. The minimum Gasteiger partial charge on any atom is -0.435 e. The maximum absolute atomic E-state index is 12.1. The van der Waals surface area contributed by atoms with Crippen molar-refractivity contribution in [2.24, 2.45) is 0 Å². The number of amides is 1. The molecule has 0 spiro atoms. The number of benzene rings is 2. The molecule has 2 aromatic rings. The fraction of sp³-hybridized carbons (Fsp3) is 0.278. The molecule has 0 aromatic heterocycles. The lowest BCUT2D eigenvalue weighted by Crippen LogP contribution is -2.14. The first-order chi connectivity index (χ1) is 11.1. The van der Waals surface area contributed by atoms with Gasteiger partial charge >= 0.3 is 6.61 Å². The molecular formula is C18H17F2NO2. The zero-order chi connectivity index (χ0) is 16.2. The number of carbonyl (C=O) groups is 1. The maximum atomic E-state index is 12.1. The van der Waals surface area contributed by atoms with E-state index in [9.17, 15) is 13.6 Å². The average molecular weight is 317 g/mol. The van der Waals surface area contributed by atoms with Gasteiger partial charge in [-0.25, -0.2) is 0 Å². The first-order valence-electron chi connectivity index (χ1n) is 7.55. The molecule has 0 unspecified atom stereocenters. The van der Waals surface area contributed by atoms with E-state index in [1.165, 1.54) is 41.8 Å². The van der Waals surface area contributed by atoms with Gasteiger partial charge in [-0.15, -0.1) is 0 Å². The van der Waals surface area contributed by atoms with Crippen molar-refractivity contribution in [2.75, 3.05) is 5.32 Å². The Morgan fingerprint density at radius 1 is 1.09 bits per heavy atom. The summed E-state index contributed by atoms with van der Waals surface area (Å²) in [7, 11) is 0. The largest absolute Gasteiger partial charge is 0.435 e. The summed E-state index contributed by atoms with van der Waals surface area (Å²) in [4.78, 5) is 12.1. The van der Waals surface area contributed by atoms with Crippen molar-refractivity contribution in [3.63, 3.8) is 0 Å². The molecule has 5 heteroatoms. The molecule has 0 atom stereocenters. The Labute approximate surface area is 133 Å². The van der Waals surface area contributed by atoms with Gasteiger partial charge < -0.3 is 10.1 Å². The van der Waals surface area contributed by atoms with Crippen molar-refractivity contribution in [3.05, 3.63) is 59.2 Å². The van der Waals surface area contributed by atoms with Gasteiger partial charge in [-0.2, -0.15) is 8.78 Å². The lowest BCUT2D eigenvalue weighted by atomic mass is 10.0. The average Bonchev–Trinajstić information content (AvgIpc) is 2.96. The first kappa shape index (κ1) is 15.5. The van der Waals surface area contributed by atoms with Crippen LogP contribution in [0.15, 0.2) is 42.5 Å². The van der Waals surface area contributed by atoms with Gasteiger partial charge in [0.2, 0.25) is 5.91 Å². The van der Waals surface area contributed by atoms with Crippen molar-refractivity contribution in [1.29, 1.82) is 0 Å². The van der Waals surface area contributed by atoms with E-state index in [2.05, 4.69) is 22.2 Å². The normalized spacial score (nSPS) is 13.0. The molecule has 1 aliphatic carbocycles. The van der Waals surface area contributed by atoms with Gasteiger partial charge in [0.1, 0.15) is 5.75 Å². The van der Waals surface area contributed by atoms with Crippen LogP contribution in [0, 0.1) is 0 Å². The van der Waals surface area contributed by atoms with E-state index in [1.54, 1.807) is 0 Å². The van der Waals surface area contributed by atoms with Gasteiger partial charge in [-0.1, -0.05) is 18.2 Å². The van der Waals surface area contributed by atoms with Gasteiger partial charge in [0.05, 0.1) is 6.42 Å². The molecule has 0 heterocycles. The standard InChI is InChI=1S/C18H17F2NO2/c19-18(20)23-16-8-6-15(7-9-16)21-17(22)11-12-4-5-13-2-1-3-14(13)10-12/h4-10,18H,1-3,11H2,(H,21,22). The quantitative estimate of drug-likeness (QED) is 0.906. The molecule has 0 bridgehead atoms. The number of carbonyl (C=O) groups excluding carboxylic acids is 1. The SMILES string of the molecule is O=C(Cc1ccc2c(c1)CCC2)Nc1ccc(OC(F)F)cc1. The molecule has 0 radical (unpaired) electrons. The summed E-state index contributed by atoms with van der Waals surface area (Å²) in [6.45, 7) is -2.85. The molecule has 120 valence electrons. The van der Waals surface area contributed by atoms with E-state index < -0.39 is 6.61 Å². The molecular weight excluding hydrogens is 300 g/mol. The van der Waals surface area contributed by atoms with E-state index in [0.717, 1.165) is 18.4 Å². The highest BCUT2D eigenvalue weighted by molar-refractivity contribution is 5.92. The van der Waals surface area contributed by atoms with Gasteiger partial charge in [-0.3, -0.25) is 4.79 Å². The lowest BCUT2D eigenvalue weighted by molar-refractivity contribution is -0.115. The number of halogens is 2. The van der Waals surface area contributed by atoms with E-state index in [1.807, 2.05) is 6.07 Å². The van der Waals surface area contributed by atoms with Crippen LogP contribution in [0.4, 0.5) is 14.5 Å². The van der Waals surface area contributed by atoms with Crippen LogP contribution in [0.5, 0.6) is 5.75 Å². The van der Waals surface area contributed by atoms with Crippen LogP contribution in [-0.2, 0) is 24.1 Å². The van der Waals surface area contributed by atoms with Crippen molar-refractivity contribution in [2.45, 2.75) is 32.3 Å². The topological polar surface area (TPSA) is 38.3 Å². The molecule has 0 saturated carbocycles. The molecule has 1 N–H and O–H groups in total. The van der Waals surface area contributed by atoms with Crippen LogP contribution in [0.1, 0.15) is 23.1 Å². The fourth-order valence-corrected chi connectivity index (χ4v) is 2.85. The fourth-order valence-electron chi connectivity index (χ4n) is 2.85. The monoisotopic (exact) mass is 317 g/mol. The number of fused-ring (bicyclic) bond motifs is 1. The Hall–Kier alpha value is -2.43. The number of rotatable bonds is 5. The summed E-state index contributed by atoms with van der Waals surface area (Å²) < 4.78 is 28.4. The van der Waals surface area contributed by atoms with Crippen LogP contribution in [-0.4, -0.2) is 12.5 Å². The molecule has 2 aromatic carbocycles. The van der Waals surface area contributed by atoms with Crippen molar-refractivity contribution < 1.29 is 18.3 Å². The van der Waals surface area contributed by atoms with Crippen molar-refractivity contribution in [1.82, 2.24) is 0 Å². The molecule has 0 fully saturated rings. The van der Waals surface area contributed by atoms with Crippen LogP contribution in [0.3, 0.4) is 0 Å². The number of ether oxygens (including phenoxy) is 1. The highest BCUT2D eigenvalue weighted by Crippen LogP contribution is 2.23. The molecule has 3 rings (SSSR count). The second kappa shape index (κ2) is 6.77. The second-order valence-electron chi connectivity index (χ2n) is 5.58. The highest BCUT2D eigenvalue weighted by Gasteiger charge is 2.12. The maximum Gasteiger partial charge on any atom is 0.387 e. The van der Waals surface area contributed by atoms with Gasteiger partial charge in [0, 0.05) is 5.69 Å². The van der Waals surface area contributed by atoms with Crippen molar-refractivity contribution in [3.8, 4) is 5.75 Å². The van der Waals surface area contributed by atoms with Crippen LogP contribution in [0.2, 0.25) is 0 Å².